The molecular formula is C26H31N5O. The smallest absolute Gasteiger partial charge is 0.323 e. The van der Waals surface area contributed by atoms with Crippen molar-refractivity contribution in [2.24, 2.45) is 0 Å². The predicted molar refractivity (Wildman–Crippen MR) is 131 cm³/mol. The Kier molecular flexibility index (Phi) is 7.33. The number of aryl methyl sites for hydroxylation is 1. The maximum atomic E-state index is 12.5. The summed E-state index contributed by atoms with van der Waals surface area (Å²) in [6.07, 6.45) is 7.13. The van der Waals surface area contributed by atoms with Crippen LogP contribution in [0.15, 0.2) is 60.7 Å². The summed E-state index contributed by atoms with van der Waals surface area (Å²) in [5, 5.41) is 14.6. The molecule has 1 aromatic heterocycles. The largest absolute Gasteiger partial charge is 0.355 e. The van der Waals surface area contributed by atoms with Gasteiger partial charge in [-0.2, -0.15) is 0 Å². The van der Waals surface area contributed by atoms with Crippen LogP contribution in [0, 0.1) is 0 Å². The first-order valence-electron chi connectivity index (χ1n) is 11.6. The molecular weight excluding hydrogens is 398 g/mol. The Morgan fingerprint density at radius 1 is 0.906 bits per heavy atom. The molecule has 0 atom stereocenters. The van der Waals surface area contributed by atoms with Crippen LogP contribution in [0.5, 0.6) is 0 Å². The number of unbranched alkanes of at least 4 members (excludes halogenated alkanes) is 1. The summed E-state index contributed by atoms with van der Waals surface area (Å²) >= 11 is 0. The van der Waals surface area contributed by atoms with Crippen molar-refractivity contribution in [2.75, 3.05) is 28.6 Å². The van der Waals surface area contributed by atoms with Gasteiger partial charge in [0.15, 0.2) is 5.82 Å². The number of aromatic nitrogens is 2. The molecule has 1 aliphatic heterocycles. The SMILES string of the molecule is CCCCc1ccc(NC(=O)Nc2cccc(-c3ccc(N4CCCCC4)nn3)c2)cc1. The first-order valence-corrected chi connectivity index (χ1v) is 11.6. The van der Waals surface area contributed by atoms with Gasteiger partial charge in [0.2, 0.25) is 0 Å². The molecule has 6 heteroatoms. The maximum absolute atomic E-state index is 12.5. The topological polar surface area (TPSA) is 70.2 Å². The lowest BCUT2D eigenvalue weighted by atomic mass is 10.1. The average Bonchev–Trinajstić information content (AvgIpc) is 2.84. The van der Waals surface area contributed by atoms with Gasteiger partial charge in [-0.1, -0.05) is 37.6 Å². The maximum Gasteiger partial charge on any atom is 0.323 e. The third-order valence-electron chi connectivity index (χ3n) is 5.78. The third kappa shape index (κ3) is 5.84. The molecule has 0 radical (unpaired) electrons. The highest BCUT2D eigenvalue weighted by Crippen LogP contribution is 2.23. The monoisotopic (exact) mass is 429 g/mol. The normalized spacial score (nSPS) is 13.6. The number of piperidine rings is 1. The van der Waals surface area contributed by atoms with Gasteiger partial charge in [0.1, 0.15) is 0 Å². The minimum Gasteiger partial charge on any atom is -0.355 e. The molecule has 2 aromatic carbocycles. The van der Waals surface area contributed by atoms with Crippen molar-refractivity contribution in [1.29, 1.82) is 0 Å². The van der Waals surface area contributed by atoms with Gasteiger partial charge in [0.25, 0.3) is 0 Å². The average molecular weight is 430 g/mol. The van der Waals surface area contributed by atoms with Gasteiger partial charge >= 0.3 is 6.03 Å². The fraction of sp³-hybridized carbons (Fsp3) is 0.346. The van der Waals surface area contributed by atoms with E-state index in [2.05, 4.69) is 44.8 Å². The Morgan fingerprint density at radius 2 is 1.69 bits per heavy atom. The van der Waals surface area contributed by atoms with Crippen LogP contribution in [-0.4, -0.2) is 29.3 Å². The van der Waals surface area contributed by atoms with Gasteiger partial charge in [-0.3, -0.25) is 0 Å². The summed E-state index contributed by atoms with van der Waals surface area (Å²) in [6.45, 7) is 4.28. The van der Waals surface area contributed by atoms with Gasteiger partial charge in [-0.05, 0) is 74.1 Å². The highest BCUT2D eigenvalue weighted by Gasteiger charge is 2.13. The van der Waals surface area contributed by atoms with Crippen LogP contribution in [0.4, 0.5) is 22.0 Å². The van der Waals surface area contributed by atoms with E-state index in [1.165, 1.54) is 37.7 Å². The van der Waals surface area contributed by atoms with Gasteiger partial charge in [0.05, 0.1) is 5.69 Å². The van der Waals surface area contributed by atoms with Crippen molar-refractivity contribution in [1.82, 2.24) is 10.2 Å². The Hall–Kier alpha value is -3.41. The van der Waals surface area contributed by atoms with E-state index in [-0.39, 0.29) is 6.03 Å². The van der Waals surface area contributed by atoms with E-state index in [9.17, 15) is 4.79 Å². The van der Waals surface area contributed by atoms with Crippen molar-refractivity contribution < 1.29 is 4.79 Å². The van der Waals surface area contributed by atoms with Crippen LogP contribution in [0.25, 0.3) is 11.3 Å². The van der Waals surface area contributed by atoms with E-state index in [1.807, 2.05) is 48.5 Å². The Bertz CT molecular complexity index is 1010. The number of urea groups is 1. The number of nitrogens with one attached hydrogen (secondary N) is 2. The van der Waals surface area contributed by atoms with Crippen LogP contribution in [0.3, 0.4) is 0 Å². The summed E-state index contributed by atoms with van der Waals surface area (Å²) in [5.41, 5.74) is 4.48. The van der Waals surface area contributed by atoms with Crippen molar-refractivity contribution in [2.45, 2.75) is 45.4 Å². The van der Waals surface area contributed by atoms with E-state index in [1.54, 1.807) is 0 Å². The number of hydrogen-bond donors (Lipinski definition) is 2. The highest BCUT2D eigenvalue weighted by molar-refractivity contribution is 6.00. The molecule has 1 aliphatic rings. The van der Waals surface area contributed by atoms with Crippen LogP contribution < -0.4 is 15.5 Å². The number of rotatable bonds is 7. The predicted octanol–water partition coefficient (Wildman–Crippen LogP) is 6.12. The Labute approximate surface area is 190 Å². The minimum absolute atomic E-state index is 0.269. The second-order valence-corrected chi connectivity index (χ2v) is 8.28. The molecule has 4 rings (SSSR count). The lowest BCUT2D eigenvalue weighted by Crippen LogP contribution is -2.30. The number of benzene rings is 2. The van der Waals surface area contributed by atoms with Crippen LogP contribution >= 0.6 is 0 Å². The van der Waals surface area contributed by atoms with E-state index < -0.39 is 0 Å². The van der Waals surface area contributed by atoms with Crippen LogP contribution in [0.2, 0.25) is 0 Å². The number of hydrogen-bond acceptors (Lipinski definition) is 4. The van der Waals surface area contributed by atoms with E-state index in [0.717, 1.165) is 42.3 Å². The molecule has 3 aromatic rings. The quantitative estimate of drug-likeness (QED) is 0.475. The van der Waals surface area contributed by atoms with Crippen LogP contribution in [0.1, 0.15) is 44.6 Å². The first kappa shape index (κ1) is 21.8. The fourth-order valence-electron chi connectivity index (χ4n) is 3.96. The number of anilines is 3. The molecule has 1 saturated heterocycles. The number of carbonyl (C=O) groups excluding carboxylic acids is 1. The number of nitrogens with zero attached hydrogens (tertiary/aromatic N) is 3. The molecule has 0 bridgehead atoms. The molecule has 0 unspecified atom stereocenters. The number of amides is 2. The zero-order chi connectivity index (χ0) is 22.2. The molecule has 0 aliphatic carbocycles. The fourth-order valence-corrected chi connectivity index (χ4v) is 3.96. The van der Waals surface area contributed by atoms with E-state index in [0.29, 0.717) is 5.69 Å². The minimum atomic E-state index is -0.269. The van der Waals surface area contributed by atoms with Gasteiger partial charge in [-0.15, -0.1) is 10.2 Å². The van der Waals surface area contributed by atoms with Gasteiger partial charge in [0, 0.05) is 30.0 Å². The zero-order valence-corrected chi connectivity index (χ0v) is 18.7. The molecule has 0 spiro atoms. The second kappa shape index (κ2) is 10.8. The summed E-state index contributed by atoms with van der Waals surface area (Å²) in [7, 11) is 0. The van der Waals surface area contributed by atoms with Crippen molar-refractivity contribution in [3.8, 4) is 11.3 Å². The molecule has 0 saturated carbocycles. The summed E-state index contributed by atoms with van der Waals surface area (Å²) < 4.78 is 0. The van der Waals surface area contributed by atoms with E-state index >= 15 is 0 Å². The molecule has 32 heavy (non-hydrogen) atoms. The Balaban J connectivity index is 1.36. The lowest BCUT2D eigenvalue weighted by Gasteiger charge is -2.27. The molecule has 166 valence electrons. The molecule has 2 heterocycles. The van der Waals surface area contributed by atoms with Gasteiger partial charge in [-0.25, -0.2) is 4.79 Å². The zero-order valence-electron chi connectivity index (χ0n) is 18.7. The van der Waals surface area contributed by atoms with Gasteiger partial charge < -0.3 is 15.5 Å². The molecule has 6 nitrogen and oxygen atoms in total. The lowest BCUT2D eigenvalue weighted by molar-refractivity contribution is 0.262. The molecule has 2 N–H and O–H groups in total. The Morgan fingerprint density at radius 3 is 2.41 bits per heavy atom. The van der Waals surface area contributed by atoms with Crippen molar-refractivity contribution >= 4 is 23.2 Å². The van der Waals surface area contributed by atoms with E-state index in [4.69, 9.17) is 0 Å². The standard InChI is InChI=1S/C26H31N5O/c1-2-3-8-20-11-13-22(14-12-20)27-26(32)28-23-10-7-9-21(19-23)24-15-16-25(30-29-24)31-17-5-4-6-18-31/h7,9-16,19H,2-6,8,17-18H2,1H3,(H2,27,28,32). The van der Waals surface area contributed by atoms with Crippen molar-refractivity contribution in [3.05, 3.63) is 66.2 Å². The number of carbonyl (C=O) groups is 1. The summed E-state index contributed by atoms with van der Waals surface area (Å²) in [4.78, 5) is 14.7. The second-order valence-electron chi connectivity index (χ2n) is 8.28. The highest BCUT2D eigenvalue weighted by atomic mass is 16.2. The van der Waals surface area contributed by atoms with Crippen LogP contribution in [-0.2, 0) is 6.42 Å². The van der Waals surface area contributed by atoms with Crippen molar-refractivity contribution in [3.63, 3.8) is 0 Å². The molecule has 2 amide bonds. The molecule has 1 fully saturated rings. The first-order chi connectivity index (χ1) is 15.7. The third-order valence-corrected chi connectivity index (χ3v) is 5.78. The summed E-state index contributed by atoms with van der Waals surface area (Å²) in [6, 6.07) is 19.5. The summed E-state index contributed by atoms with van der Waals surface area (Å²) in [5.74, 6) is 0.933.